The highest BCUT2D eigenvalue weighted by Crippen LogP contribution is 2.44. The van der Waals surface area contributed by atoms with Crippen LogP contribution in [0.5, 0.6) is 0 Å². The molecule has 8 heterocycles. The molecule has 0 spiro atoms. The number of rotatable bonds is 17. The van der Waals surface area contributed by atoms with Gasteiger partial charge in [0.05, 0.1) is 89.7 Å². The van der Waals surface area contributed by atoms with Crippen LogP contribution in [0.25, 0.3) is 211 Å². The Morgan fingerprint density at radius 3 is 0.664 bits per heavy atom. The van der Waals surface area contributed by atoms with Gasteiger partial charge in [0.25, 0.3) is 0 Å². The van der Waals surface area contributed by atoms with Gasteiger partial charge in [0.15, 0.2) is 11.6 Å². The molecule has 10 nitrogen and oxygen atoms in total. The molecule has 0 radical (unpaired) electrons. The van der Waals surface area contributed by atoms with Gasteiger partial charge in [0.2, 0.25) is 0 Å². The van der Waals surface area contributed by atoms with Gasteiger partial charge in [-0.2, -0.15) is 0 Å². The zero-order chi connectivity index (χ0) is 84.9. The second kappa shape index (κ2) is 30.9. The normalized spacial score (nSPS) is 11.7. The van der Waals surface area contributed by atoms with Crippen LogP contribution in [-0.4, -0.2) is 49.8 Å². The lowest BCUT2D eigenvalue weighted by molar-refractivity contribution is 0.103. The third-order valence-electron chi connectivity index (χ3n) is 25.0. The van der Waals surface area contributed by atoms with Crippen molar-refractivity contribution in [3.8, 4) is 124 Å². The quantitative estimate of drug-likeness (QED) is 0.0841. The smallest absolute Gasteiger partial charge is 0.193 e. The van der Waals surface area contributed by atoms with E-state index in [1.807, 2.05) is 152 Å². The fraction of sp³-hybridized carbons (Fsp3) is 0. The summed E-state index contributed by atoms with van der Waals surface area (Å²) in [6.07, 6.45) is 0. The number of nitrogens with zero attached hydrogens (tertiary/aromatic N) is 8. The van der Waals surface area contributed by atoms with Crippen LogP contribution in [0.15, 0.2) is 449 Å². The minimum atomic E-state index is -0.193. The number of ketones is 2. The van der Waals surface area contributed by atoms with Crippen LogP contribution in [-0.2, 0) is 0 Å². The summed E-state index contributed by atoms with van der Waals surface area (Å²) in [7, 11) is 0. The van der Waals surface area contributed by atoms with Crippen molar-refractivity contribution in [1.29, 1.82) is 0 Å². The molecule has 128 heavy (non-hydrogen) atoms. The van der Waals surface area contributed by atoms with Gasteiger partial charge in [-0.15, -0.1) is 0 Å². The summed E-state index contributed by atoms with van der Waals surface area (Å²) in [5, 5.41) is 8.88. The number of fused-ring (bicyclic) bond motifs is 12. The topological polar surface area (TPSA) is 105 Å². The molecule has 0 amide bonds. The Morgan fingerprint density at radius 1 is 0.148 bits per heavy atom. The predicted octanol–water partition coefficient (Wildman–Crippen LogP) is 29.1. The second-order valence-corrected chi connectivity index (χ2v) is 32.7. The van der Waals surface area contributed by atoms with Gasteiger partial charge in [-0.25, -0.2) is 19.9 Å². The van der Waals surface area contributed by atoms with Crippen molar-refractivity contribution in [3.05, 3.63) is 471 Å². The minimum Gasteiger partial charge on any atom is -0.309 e. The third-order valence-corrected chi connectivity index (χ3v) is 25.0. The van der Waals surface area contributed by atoms with E-state index in [0.717, 1.165) is 200 Å². The molecule has 0 saturated carbocycles. The molecule has 0 atom stereocenters. The van der Waals surface area contributed by atoms with Gasteiger partial charge >= 0.3 is 0 Å². The van der Waals surface area contributed by atoms with Crippen molar-refractivity contribution >= 4 is 98.8 Å². The number of aromatic nitrogens is 8. The molecule has 0 fully saturated rings. The zero-order valence-electron chi connectivity index (χ0n) is 69.1. The van der Waals surface area contributed by atoms with E-state index in [9.17, 15) is 0 Å². The average molecular weight is 1640 g/mol. The van der Waals surface area contributed by atoms with Crippen LogP contribution in [0.4, 0.5) is 0 Å². The molecule has 0 saturated heterocycles. The highest BCUT2D eigenvalue weighted by atomic mass is 16.1. The van der Waals surface area contributed by atoms with E-state index in [4.69, 9.17) is 19.9 Å². The SMILES string of the molecule is O=C(c1cc(-c2cccc(-c3ccccc3)n2)cc(-c2cccc(-c3ccccc3)n2)c1)c1cc(-c2cccc(-c3ccccc3)n2)cc(-c2cccc(-c3cccc(-c4ccc5c6ccccc6n(-c6cc(C(=O)c7cc(-n8c9ccccc9c9ccccc98)cc(-n8c9ccccc9c9ccccc98)c7)cc(-n7c8ccccc8c8ccccc87)c6)c5c4)c3)n2)c1. The minimum absolute atomic E-state index is 0.128. The Kier molecular flexibility index (Phi) is 18.0. The lowest BCUT2D eigenvalue weighted by atomic mass is 9.92. The van der Waals surface area contributed by atoms with E-state index in [1.54, 1.807) is 0 Å². The second-order valence-electron chi connectivity index (χ2n) is 32.7. The summed E-state index contributed by atoms with van der Waals surface area (Å²) in [6, 6.07) is 155. The standard InChI is InChI=1S/C118H74N8O2/c127-117(85-64-81(105-48-25-44-101(119-105)75-29-4-1-5-30-75)62-82(65-85)106-49-26-45-102(120-106)76-31-6-2-7-32-76)86-66-83(107-50-27-46-103(121-107)77-33-8-3-9-34-77)63-84(67-86)108-51-28-47-104(122-108)80-36-24-35-78(61-80)79-59-60-100-99-43-16-23-58-115(99)126(116(100)72-79)92-71-88(70-91(74-92)125-113-56-21-14-41-97(113)98-42-15-22-57-114(98)125)118(128)87-68-89(123-109-52-17-10-37-93(109)94-38-11-18-53-110(94)123)73-90(69-87)124-111-54-19-12-39-95(111)96-40-13-20-55-112(96)124/h1-74H. The number of hydrogen-bond acceptors (Lipinski definition) is 6. The summed E-state index contributed by atoms with van der Waals surface area (Å²) in [4.78, 5) is 54.3. The lowest BCUT2D eigenvalue weighted by Crippen LogP contribution is -2.09. The van der Waals surface area contributed by atoms with E-state index in [-0.39, 0.29) is 11.6 Å². The van der Waals surface area contributed by atoms with Gasteiger partial charge in [0.1, 0.15) is 0 Å². The maximum Gasteiger partial charge on any atom is 0.193 e. The molecule has 598 valence electrons. The van der Waals surface area contributed by atoms with Crippen molar-refractivity contribution in [3.63, 3.8) is 0 Å². The Hall–Kier alpha value is -17.3. The van der Waals surface area contributed by atoms with E-state index < -0.39 is 0 Å². The molecule has 24 rings (SSSR count). The van der Waals surface area contributed by atoms with Gasteiger partial charge in [-0.05, 0) is 187 Å². The number of benzene rings is 16. The number of para-hydroxylation sites is 7. The Bertz CT molecular complexity index is 8240. The van der Waals surface area contributed by atoms with Crippen molar-refractivity contribution in [2.75, 3.05) is 0 Å². The fourth-order valence-electron chi connectivity index (χ4n) is 19.2. The van der Waals surface area contributed by atoms with Crippen LogP contribution in [0.1, 0.15) is 31.8 Å². The molecule has 0 unspecified atom stereocenters. The average Bonchev–Trinajstić information content (AvgIpc) is 1.58. The first-order valence-corrected chi connectivity index (χ1v) is 43.1. The molecule has 16 aromatic carbocycles. The van der Waals surface area contributed by atoms with E-state index in [2.05, 4.69) is 316 Å². The molecule has 8 aromatic heterocycles. The van der Waals surface area contributed by atoms with Gasteiger partial charge < -0.3 is 18.3 Å². The molecule has 0 bridgehead atoms. The third kappa shape index (κ3) is 13.0. The molecule has 10 heteroatoms. The first-order chi connectivity index (χ1) is 63.2. The highest BCUT2D eigenvalue weighted by Gasteiger charge is 2.26. The van der Waals surface area contributed by atoms with Crippen molar-refractivity contribution in [1.82, 2.24) is 38.2 Å². The van der Waals surface area contributed by atoms with Crippen molar-refractivity contribution in [2.24, 2.45) is 0 Å². The summed E-state index contributed by atoms with van der Waals surface area (Å²) in [5.74, 6) is -0.321. The highest BCUT2D eigenvalue weighted by molar-refractivity contribution is 6.17. The largest absolute Gasteiger partial charge is 0.309 e. The number of pyridine rings is 4. The molecule has 0 aliphatic carbocycles. The first kappa shape index (κ1) is 74.5. The van der Waals surface area contributed by atoms with Crippen LogP contribution in [0.2, 0.25) is 0 Å². The molecule has 0 aliphatic heterocycles. The molecule has 0 N–H and O–H groups in total. The molecule has 24 aromatic rings. The van der Waals surface area contributed by atoms with Crippen LogP contribution in [0, 0.1) is 0 Å². The first-order valence-electron chi connectivity index (χ1n) is 43.1. The molecular formula is C118H74N8O2. The number of hydrogen-bond donors (Lipinski definition) is 0. The number of carbonyl (C=O) groups excluding carboxylic acids is 2. The Balaban J connectivity index is 0.642. The fourth-order valence-corrected chi connectivity index (χ4v) is 19.2. The van der Waals surface area contributed by atoms with Crippen molar-refractivity contribution < 1.29 is 9.59 Å². The Morgan fingerprint density at radius 2 is 0.359 bits per heavy atom. The Labute approximate surface area is 736 Å². The van der Waals surface area contributed by atoms with E-state index in [0.29, 0.717) is 33.6 Å². The monoisotopic (exact) mass is 1630 g/mol. The van der Waals surface area contributed by atoms with Gasteiger partial charge in [-0.1, -0.05) is 273 Å². The van der Waals surface area contributed by atoms with E-state index >= 15 is 9.59 Å². The summed E-state index contributed by atoms with van der Waals surface area (Å²) in [6.45, 7) is 0. The van der Waals surface area contributed by atoms with Gasteiger partial charge in [-0.3, -0.25) is 9.59 Å². The van der Waals surface area contributed by atoms with Crippen molar-refractivity contribution in [2.45, 2.75) is 0 Å². The lowest BCUT2D eigenvalue weighted by Gasteiger charge is -2.17. The van der Waals surface area contributed by atoms with Crippen LogP contribution in [0.3, 0.4) is 0 Å². The molecule has 0 aliphatic rings. The summed E-state index contributed by atoms with van der Waals surface area (Å²) >= 11 is 0. The summed E-state index contributed by atoms with van der Waals surface area (Å²) < 4.78 is 9.29. The molecular weight excluding hydrogens is 1560 g/mol. The number of carbonyl (C=O) groups is 2. The maximum atomic E-state index is 16.9. The van der Waals surface area contributed by atoms with E-state index in [1.165, 1.54) is 0 Å². The maximum absolute atomic E-state index is 16.9. The summed E-state index contributed by atoms with van der Waals surface area (Å²) in [5.41, 5.74) is 28.4. The van der Waals surface area contributed by atoms with Crippen LogP contribution < -0.4 is 0 Å². The van der Waals surface area contributed by atoms with Crippen LogP contribution >= 0.6 is 0 Å². The predicted molar refractivity (Wildman–Crippen MR) is 524 cm³/mol. The van der Waals surface area contributed by atoms with Gasteiger partial charge in [0, 0.05) is 133 Å². The zero-order valence-corrected chi connectivity index (χ0v) is 69.1.